The predicted octanol–water partition coefficient (Wildman–Crippen LogP) is 3.07. The van der Waals surface area contributed by atoms with Crippen molar-refractivity contribution in [2.75, 3.05) is 20.2 Å². The normalized spacial score (nSPS) is 11.7. The summed E-state index contributed by atoms with van der Waals surface area (Å²) in [6.07, 6.45) is -0.891. The van der Waals surface area contributed by atoms with E-state index in [0.717, 1.165) is 5.56 Å². The van der Waals surface area contributed by atoms with Gasteiger partial charge >= 0.3 is 0 Å². The van der Waals surface area contributed by atoms with Crippen molar-refractivity contribution in [3.05, 3.63) is 68.7 Å². The van der Waals surface area contributed by atoms with Crippen LogP contribution in [-0.4, -0.2) is 47.1 Å². The zero-order chi connectivity index (χ0) is 19.3. The number of amides is 1. The maximum Gasteiger partial charge on any atom is 0.269 e. The molecule has 0 aliphatic rings. The van der Waals surface area contributed by atoms with Crippen LogP contribution in [0.1, 0.15) is 15.9 Å². The fourth-order valence-corrected chi connectivity index (χ4v) is 2.41. The van der Waals surface area contributed by atoms with E-state index in [1.54, 1.807) is 25.2 Å². The summed E-state index contributed by atoms with van der Waals surface area (Å²) in [4.78, 5) is 23.8. The molecule has 2 rings (SSSR count). The minimum atomic E-state index is -0.891. The van der Waals surface area contributed by atoms with Crippen LogP contribution in [0, 0.1) is 17.0 Å². The van der Waals surface area contributed by atoms with Gasteiger partial charge in [-0.25, -0.2) is 0 Å². The van der Waals surface area contributed by atoms with Crippen LogP contribution in [0.5, 0.6) is 5.75 Å². The molecular weight excluding hydrogens is 360 g/mol. The third-order valence-electron chi connectivity index (χ3n) is 3.73. The lowest BCUT2D eigenvalue weighted by molar-refractivity contribution is -0.384. The van der Waals surface area contributed by atoms with E-state index < -0.39 is 11.0 Å². The molecule has 7 nitrogen and oxygen atoms in total. The van der Waals surface area contributed by atoms with E-state index >= 15 is 0 Å². The van der Waals surface area contributed by atoms with Crippen molar-refractivity contribution in [2.24, 2.45) is 0 Å². The lowest BCUT2D eigenvalue weighted by Gasteiger charge is -2.21. The minimum Gasteiger partial charge on any atom is -0.491 e. The summed E-state index contributed by atoms with van der Waals surface area (Å²) in [5, 5.41) is 21.4. The number of hydrogen-bond acceptors (Lipinski definition) is 5. The second kappa shape index (κ2) is 8.64. The Kier molecular flexibility index (Phi) is 6.54. The van der Waals surface area contributed by atoms with Gasteiger partial charge in [0.15, 0.2) is 0 Å². The quantitative estimate of drug-likeness (QED) is 0.590. The molecule has 0 spiro atoms. The van der Waals surface area contributed by atoms with Crippen molar-refractivity contribution in [2.45, 2.75) is 13.0 Å². The van der Waals surface area contributed by atoms with Crippen LogP contribution >= 0.6 is 11.6 Å². The zero-order valence-electron chi connectivity index (χ0n) is 14.4. The van der Waals surface area contributed by atoms with Gasteiger partial charge in [-0.1, -0.05) is 11.6 Å². The molecule has 2 aromatic carbocycles. The molecule has 0 heterocycles. The molecule has 138 valence electrons. The van der Waals surface area contributed by atoms with Gasteiger partial charge in [-0.05, 0) is 42.8 Å². The Bertz CT molecular complexity index is 795. The molecule has 0 aliphatic carbocycles. The zero-order valence-corrected chi connectivity index (χ0v) is 15.1. The standard InChI is InChI=1S/C18H19ClN2O5/c1-12-9-16(7-8-17(12)19)26-11-15(22)10-20(2)18(23)13-3-5-14(6-4-13)21(24)25/h3-9,15,22H,10-11H2,1-2H3/t15-/m1/s1. The average molecular weight is 379 g/mol. The minimum absolute atomic E-state index is 0.0129. The van der Waals surface area contributed by atoms with Gasteiger partial charge in [-0.2, -0.15) is 0 Å². The molecular formula is C18H19ClN2O5. The molecule has 0 radical (unpaired) electrons. The number of halogens is 1. The van der Waals surface area contributed by atoms with Crippen LogP contribution in [0.2, 0.25) is 5.02 Å². The first-order valence-corrected chi connectivity index (χ1v) is 8.22. The fraction of sp³-hybridized carbons (Fsp3) is 0.278. The first kappa shape index (κ1) is 19.7. The number of aliphatic hydroxyl groups is 1. The molecule has 8 heteroatoms. The second-order valence-electron chi connectivity index (χ2n) is 5.87. The third kappa shape index (κ3) is 5.18. The Morgan fingerprint density at radius 3 is 2.54 bits per heavy atom. The molecule has 0 fully saturated rings. The average Bonchev–Trinajstić information content (AvgIpc) is 2.62. The molecule has 1 atom stereocenters. The lowest BCUT2D eigenvalue weighted by Crippen LogP contribution is -2.37. The van der Waals surface area contributed by atoms with Crippen LogP contribution in [0.3, 0.4) is 0 Å². The number of aliphatic hydroxyl groups excluding tert-OH is 1. The smallest absolute Gasteiger partial charge is 0.269 e. The number of likely N-dealkylation sites (N-methyl/N-ethyl adjacent to an activating group) is 1. The number of nitro benzene ring substituents is 1. The largest absolute Gasteiger partial charge is 0.491 e. The maximum atomic E-state index is 12.3. The van der Waals surface area contributed by atoms with Gasteiger partial charge in [-0.3, -0.25) is 14.9 Å². The SMILES string of the molecule is Cc1cc(OC[C@H](O)CN(C)C(=O)c2ccc([N+](=O)[O-])cc2)ccc1Cl. The van der Waals surface area contributed by atoms with Crippen molar-refractivity contribution in [3.63, 3.8) is 0 Å². The van der Waals surface area contributed by atoms with Crippen LogP contribution in [0.15, 0.2) is 42.5 Å². The number of non-ortho nitro benzene ring substituents is 1. The van der Waals surface area contributed by atoms with Gasteiger partial charge < -0.3 is 14.7 Å². The molecule has 0 bridgehead atoms. The number of carbonyl (C=O) groups is 1. The number of rotatable bonds is 7. The van der Waals surface area contributed by atoms with Gasteiger partial charge in [0, 0.05) is 36.3 Å². The topological polar surface area (TPSA) is 92.9 Å². The number of ether oxygens (including phenoxy) is 1. The third-order valence-corrected chi connectivity index (χ3v) is 4.15. The van der Waals surface area contributed by atoms with Crippen molar-refractivity contribution >= 4 is 23.2 Å². The molecule has 1 N–H and O–H groups in total. The van der Waals surface area contributed by atoms with E-state index in [9.17, 15) is 20.0 Å². The first-order chi connectivity index (χ1) is 12.3. The number of benzene rings is 2. The second-order valence-corrected chi connectivity index (χ2v) is 6.27. The van der Waals surface area contributed by atoms with E-state index in [-0.39, 0.29) is 24.7 Å². The van der Waals surface area contributed by atoms with Gasteiger partial charge in [0.1, 0.15) is 18.5 Å². The predicted molar refractivity (Wildman–Crippen MR) is 97.7 cm³/mol. The highest BCUT2D eigenvalue weighted by Crippen LogP contribution is 2.21. The summed E-state index contributed by atoms with van der Waals surface area (Å²) in [6.45, 7) is 1.92. The number of nitro groups is 1. The van der Waals surface area contributed by atoms with Gasteiger partial charge in [0.2, 0.25) is 0 Å². The number of hydrogen-bond donors (Lipinski definition) is 1. The molecule has 0 saturated carbocycles. The number of carbonyl (C=O) groups excluding carboxylic acids is 1. The molecule has 2 aromatic rings. The Morgan fingerprint density at radius 2 is 1.96 bits per heavy atom. The molecule has 0 saturated heterocycles. The van der Waals surface area contributed by atoms with Crippen LogP contribution < -0.4 is 4.74 Å². The highest BCUT2D eigenvalue weighted by Gasteiger charge is 2.17. The van der Waals surface area contributed by atoms with Crippen molar-refractivity contribution in [1.82, 2.24) is 4.90 Å². The molecule has 1 amide bonds. The van der Waals surface area contributed by atoms with Crippen LogP contribution in [-0.2, 0) is 0 Å². The Balaban J connectivity index is 1.88. The van der Waals surface area contributed by atoms with Gasteiger partial charge in [-0.15, -0.1) is 0 Å². The highest BCUT2D eigenvalue weighted by molar-refractivity contribution is 6.31. The molecule has 0 aromatic heterocycles. The summed E-state index contributed by atoms with van der Waals surface area (Å²) >= 11 is 5.95. The summed E-state index contributed by atoms with van der Waals surface area (Å²) < 4.78 is 5.51. The van der Waals surface area contributed by atoms with E-state index in [1.807, 2.05) is 6.92 Å². The van der Waals surface area contributed by atoms with Crippen LogP contribution in [0.25, 0.3) is 0 Å². The van der Waals surface area contributed by atoms with Crippen LogP contribution in [0.4, 0.5) is 5.69 Å². The molecule has 0 unspecified atom stereocenters. The van der Waals surface area contributed by atoms with Crippen molar-refractivity contribution in [1.29, 1.82) is 0 Å². The first-order valence-electron chi connectivity index (χ1n) is 7.85. The van der Waals surface area contributed by atoms with Crippen molar-refractivity contribution in [3.8, 4) is 5.75 Å². The Morgan fingerprint density at radius 1 is 1.31 bits per heavy atom. The lowest BCUT2D eigenvalue weighted by atomic mass is 10.2. The molecule has 26 heavy (non-hydrogen) atoms. The van der Waals surface area contributed by atoms with E-state index in [2.05, 4.69) is 0 Å². The van der Waals surface area contributed by atoms with Crippen molar-refractivity contribution < 1.29 is 19.6 Å². The summed E-state index contributed by atoms with van der Waals surface area (Å²) in [5.74, 6) is 0.233. The monoisotopic (exact) mass is 378 g/mol. The Labute approximate surface area is 155 Å². The Hall–Kier alpha value is -2.64. The highest BCUT2D eigenvalue weighted by atomic mass is 35.5. The van der Waals surface area contributed by atoms with E-state index in [0.29, 0.717) is 16.3 Å². The fourth-order valence-electron chi connectivity index (χ4n) is 2.30. The summed E-state index contributed by atoms with van der Waals surface area (Å²) in [7, 11) is 1.54. The number of aryl methyl sites for hydroxylation is 1. The maximum absolute atomic E-state index is 12.3. The summed E-state index contributed by atoms with van der Waals surface area (Å²) in [5.41, 5.74) is 1.08. The number of nitrogens with zero attached hydrogens (tertiary/aromatic N) is 2. The van der Waals surface area contributed by atoms with E-state index in [1.165, 1.54) is 29.2 Å². The van der Waals surface area contributed by atoms with E-state index in [4.69, 9.17) is 16.3 Å². The van der Waals surface area contributed by atoms with Gasteiger partial charge in [0.05, 0.1) is 4.92 Å². The molecule has 0 aliphatic heterocycles. The summed E-state index contributed by atoms with van der Waals surface area (Å²) in [6, 6.07) is 10.5. The van der Waals surface area contributed by atoms with Gasteiger partial charge in [0.25, 0.3) is 11.6 Å².